The summed E-state index contributed by atoms with van der Waals surface area (Å²) in [4.78, 5) is 6.97. The Morgan fingerprint density at radius 2 is 2.28 bits per heavy atom. The van der Waals surface area contributed by atoms with Crippen LogP contribution in [-0.2, 0) is 6.54 Å². The summed E-state index contributed by atoms with van der Waals surface area (Å²) in [5, 5.41) is 3.52. The highest BCUT2D eigenvalue weighted by molar-refractivity contribution is 5.16. The summed E-state index contributed by atoms with van der Waals surface area (Å²) >= 11 is 0. The van der Waals surface area contributed by atoms with Gasteiger partial charge in [0.1, 0.15) is 0 Å². The van der Waals surface area contributed by atoms with Gasteiger partial charge >= 0.3 is 0 Å². The van der Waals surface area contributed by atoms with Gasteiger partial charge < -0.3 is 10.1 Å². The molecule has 1 fully saturated rings. The molecular weight excluding hydrogens is 226 g/mol. The van der Waals surface area contributed by atoms with Crippen molar-refractivity contribution < 1.29 is 4.74 Å². The lowest BCUT2D eigenvalue weighted by Gasteiger charge is -2.45. The number of rotatable bonds is 3. The molecule has 1 aliphatic heterocycles. The topological polar surface area (TPSA) is 37.4 Å². The van der Waals surface area contributed by atoms with Crippen molar-refractivity contribution in [1.29, 1.82) is 0 Å². The van der Waals surface area contributed by atoms with Crippen molar-refractivity contribution in [1.82, 2.24) is 15.2 Å². The predicted molar refractivity (Wildman–Crippen MR) is 72.7 cm³/mol. The molecular formula is C14H23N3O. The van der Waals surface area contributed by atoms with Crippen LogP contribution >= 0.6 is 0 Å². The number of aromatic nitrogens is 1. The third-order valence-corrected chi connectivity index (χ3v) is 3.58. The lowest BCUT2D eigenvalue weighted by atomic mass is 9.97. The molecule has 1 aromatic rings. The number of hydrogen-bond donors (Lipinski definition) is 1. The molecule has 0 bridgehead atoms. The molecule has 0 amide bonds. The molecule has 1 aromatic heterocycles. The van der Waals surface area contributed by atoms with Gasteiger partial charge in [0, 0.05) is 37.3 Å². The average Bonchev–Trinajstić information content (AvgIpc) is 2.35. The maximum Gasteiger partial charge on any atom is 0.213 e. The Morgan fingerprint density at radius 3 is 3.00 bits per heavy atom. The molecule has 0 radical (unpaired) electrons. The van der Waals surface area contributed by atoms with Gasteiger partial charge in [-0.1, -0.05) is 6.07 Å². The Morgan fingerprint density at radius 1 is 1.50 bits per heavy atom. The zero-order chi connectivity index (χ0) is 13.2. The quantitative estimate of drug-likeness (QED) is 0.884. The molecule has 4 nitrogen and oxygen atoms in total. The van der Waals surface area contributed by atoms with Gasteiger partial charge in [0.2, 0.25) is 5.88 Å². The Labute approximate surface area is 109 Å². The molecule has 2 heterocycles. The van der Waals surface area contributed by atoms with Crippen LogP contribution in [-0.4, -0.2) is 41.7 Å². The van der Waals surface area contributed by atoms with E-state index in [9.17, 15) is 0 Å². The van der Waals surface area contributed by atoms with E-state index in [0.717, 1.165) is 25.3 Å². The van der Waals surface area contributed by atoms with E-state index in [2.05, 4.69) is 42.0 Å². The second kappa shape index (κ2) is 5.24. The molecule has 4 heteroatoms. The number of nitrogens with one attached hydrogen (secondary N) is 1. The van der Waals surface area contributed by atoms with Crippen molar-refractivity contribution in [2.24, 2.45) is 0 Å². The highest BCUT2D eigenvalue weighted by Gasteiger charge is 2.32. The summed E-state index contributed by atoms with van der Waals surface area (Å²) in [7, 11) is 1.66. The fraction of sp³-hybridized carbons (Fsp3) is 0.643. The minimum absolute atomic E-state index is 0.164. The SMILES string of the molecule is COc1cccc(CN2CC(C)NCC2(C)C)n1. The maximum absolute atomic E-state index is 5.18. The molecule has 100 valence electrons. The van der Waals surface area contributed by atoms with Gasteiger partial charge in [-0.05, 0) is 26.8 Å². The van der Waals surface area contributed by atoms with Crippen molar-refractivity contribution in [3.8, 4) is 5.88 Å². The Bertz CT molecular complexity index is 406. The number of piperazine rings is 1. The van der Waals surface area contributed by atoms with Gasteiger partial charge in [-0.15, -0.1) is 0 Å². The van der Waals surface area contributed by atoms with E-state index in [0.29, 0.717) is 11.9 Å². The van der Waals surface area contributed by atoms with Gasteiger partial charge in [0.25, 0.3) is 0 Å². The van der Waals surface area contributed by atoms with E-state index in [-0.39, 0.29) is 5.54 Å². The third kappa shape index (κ3) is 3.00. The molecule has 2 rings (SSSR count). The summed E-state index contributed by atoms with van der Waals surface area (Å²) in [5.41, 5.74) is 1.23. The largest absolute Gasteiger partial charge is 0.481 e. The van der Waals surface area contributed by atoms with Crippen molar-refractivity contribution >= 4 is 0 Å². The Hall–Kier alpha value is -1.13. The van der Waals surface area contributed by atoms with Crippen LogP contribution in [0.3, 0.4) is 0 Å². The van der Waals surface area contributed by atoms with Gasteiger partial charge in [0.05, 0.1) is 12.8 Å². The van der Waals surface area contributed by atoms with E-state index in [1.165, 1.54) is 0 Å². The first-order valence-corrected chi connectivity index (χ1v) is 6.49. The van der Waals surface area contributed by atoms with Crippen LogP contribution in [0.25, 0.3) is 0 Å². The Balaban J connectivity index is 2.11. The number of pyridine rings is 1. The fourth-order valence-electron chi connectivity index (χ4n) is 2.31. The van der Waals surface area contributed by atoms with Crippen LogP contribution < -0.4 is 10.1 Å². The van der Waals surface area contributed by atoms with Crippen LogP contribution in [0.2, 0.25) is 0 Å². The number of methoxy groups -OCH3 is 1. The molecule has 1 aliphatic rings. The first-order valence-electron chi connectivity index (χ1n) is 6.49. The summed E-state index contributed by atoms with van der Waals surface area (Å²) in [6.45, 7) is 9.69. The van der Waals surface area contributed by atoms with Gasteiger partial charge in [-0.3, -0.25) is 4.90 Å². The fourth-order valence-corrected chi connectivity index (χ4v) is 2.31. The van der Waals surface area contributed by atoms with E-state index in [1.54, 1.807) is 7.11 Å². The van der Waals surface area contributed by atoms with E-state index < -0.39 is 0 Å². The molecule has 1 unspecified atom stereocenters. The second-order valence-electron chi connectivity index (χ2n) is 5.65. The summed E-state index contributed by atoms with van der Waals surface area (Å²) in [6.07, 6.45) is 0. The van der Waals surface area contributed by atoms with Crippen LogP contribution in [0.1, 0.15) is 26.5 Å². The zero-order valence-electron chi connectivity index (χ0n) is 11.7. The van der Waals surface area contributed by atoms with Crippen molar-refractivity contribution in [2.45, 2.75) is 38.9 Å². The highest BCUT2D eigenvalue weighted by Crippen LogP contribution is 2.21. The minimum atomic E-state index is 0.164. The first kappa shape index (κ1) is 13.3. The number of nitrogens with zero attached hydrogens (tertiary/aromatic N) is 2. The molecule has 0 saturated carbocycles. The lowest BCUT2D eigenvalue weighted by molar-refractivity contribution is 0.0613. The van der Waals surface area contributed by atoms with Crippen molar-refractivity contribution in [3.63, 3.8) is 0 Å². The smallest absolute Gasteiger partial charge is 0.213 e. The van der Waals surface area contributed by atoms with Gasteiger partial charge in [0.15, 0.2) is 0 Å². The Kier molecular flexibility index (Phi) is 3.88. The molecule has 1 saturated heterocycles. The second-order valence-corrected chi connectivity index (χ2v) is 5.65. The normalized spacial score (nSPS) is 23.9. The molecule has 1 atom stereocenters. The monoisotopic (exact) mass is 249 g/mol. The van der Waals surface area contributed by atoms with Gasteiger partial charge in [-0.25, -0.2) is 4.98 Å². The summed E-state index contributed by atoms with van der Waals surface area (Å²) in [6, 6.07) is 6.48. The maximum atomic E-state index is 5.18. The molecule has 1 N–H and O–H groups in total. The van der Waals surface area contributed by atoms with Crippen molar-refractivity contribution in [2.75, 3.05) is 20.2 Å². The zero-order valence-corrected chi connectivity index (χ0v) is 11.7. The molecule has 0 aromatic carbocycles. The van der Waals surface area contributed by atoms with Crippen LogP contribution in [0.4, 0.5) is 0 Å². The van der Waals surface area contributed by atoms with E-state index in [4.69, 9.17) is 4.74 Å². The van der Waals surface area contributed by atoms with Crippen molar-refractivity contribution in [3.05, 3.63) is 23.9 Å². The first-order chi connectivity index (χ1) is 8.51. The molecule has 0 aliphatic carbocycles. The number of ether oxygens (including phenoxy) is 1. The predicted octanol–water partition coefficient (Wildman–Crippen LogP) is 1.66. The van der Waals surface area contributed by atoms with Crippen LogP contribution in [0.5, 0.6) is 5.88 Å². The van der Waals surface area contributed by atoms with E-state index in [1.807, 2.05) is 12.1 Å². The molecule has 18 heavy (non-hydrogen) atoms. The van der Waals surface area contributed by atoms with E-state index >= 15 is 0 Å². The van der Waals surface area contributed by atoms with Crippen LogP contribution in [0.15, 0.2) is 18.2 Å². The summed E-state index contributed by atoms with van der Waals surface area (Å²) in [5.74, 6) is 0.688. The average molecular weight is 249 g/mol. The highest BCUT2D eigenvalue weighted by atomic mass is 16.5. The number of hydrogen-bond acceptors (Lipinski definition) is 4. The third-order valence-electron chi connectivity index (χ3n) is 3.58. The standard InChI is InChI=1S/C14H23N3O/c1-11-8-17(14(2,3)10-15-11)9-12-6-5-7-13(16-12)18-4/h5-7,11,15H,8-10H2,1-4H3. The minimum Gasteiger partial charge on any atom is -0.481 e. The molecule has 0 spiro atoms. The lowest BCUT2D eigenvalue weighted by Crippen LogP contribution is -2.60. The van der Waals surface area contributed by atoms with Crippen LogP contribution in [0, 0.1) is 0 Å². The summed E-state index contributed by atoms with van der Waals surface area (Å²) < 4.78 is 5.18. The van der Waals surface area contributed by atoms with Gasteiger partial charge in [-0.2, -0.15) is 0 Å².